The van der Waals surface area contributed by atoms with Crippen LogP contribution in [-0.4, -0.2) is 0 Å². The van der Waals surface area contributed by atoms with Gasteiger partial charge in [0.25, 0.3) is 0 Å². The van der Waals surface area contributed by atoms with E-state index < -0.39 is 0 Å². The topological polar surface area (TPSA) is 7.76 Å². The molecule has 0 spiro atoms. The molecule has 150 valence electrons. The molecule has 2 nitrogen and oxygen atoms in total. The van der Waals surface area contributed by atoms with Gasteiger partial charge in [-0.3, -0.25) is 0 Å². The highest BCUT2D eigenvalue weighted by Crippen LogP contribution is 2.17. The van der Waals surface area contributed by atoms with Gasteiger partial charge in [0.15, 0.2) is 24.8 Å². The Labute approximate surface area is 180 Å². The maximum Gasteiger partial charge on any atom is 0.169 e. The third kappa shape index (κ3) is 5.64. The van der Waals surface area contributed by atoms with E-state index in [0.29, 0.717) is 0 Å². The van der Waals surface area contributed by atoms with Crippen molar-refractivity contribution in [2.24, 2.45) is 0 Å². The summed E-state index contributed by atoms with van der Waals surface area (Å²) in [6.07, 6.45) is 13.8. The molecule has 2 aromatic heterocycles. The first-order chi connectivity index (χ1) is 14.9. The molecular weight excluding hydrogens is 364 g/mol. The SMILES string of the molecule is c1ccc(-c2cc[n+](CCCCCC[n+]3ccc(-c4ccccc4)cc3)cc2)cc1. The first kappa shape index (κ1) is 20.0. The van der Waals surface area contributed by atoms with E-state index in [1.54, 1.807) is 0 Å². The second-order valence-electron chi connectivity index (χ2n) is 7.80. The smallest absolute Gasteiger partial charge is 0.169 e. The van der Waals surface area contributed by atoms with E-state index >= 15 is 0 Å². The molecule has 0 amide bonds. The largest absolute Gasteiger partial charge is 0.205 e. The summed E-state index contributed by atoms with van der Waals surface area (Å²) >= 11 is 0. The molecule has 0 aliphatic rings. The Kier molecular flexibility index (Phi) is 7.01. The zero-order valence-corrected chi connectivity index (χ0v) is 17.5. The number of nitrogens with zero attached hydrogens (tertiary/aromatic N) is 2. The summed E-state index contributed by atoms with van der Waals surface area (Å²) in [5, 5.41) is 0. The van der Waals surface area contributed by atoms with Gasteiger partial charge in [-0.25, -0.2) is 9.13 Å². The minimum atomic E-state index is 1.09. The molecule has 0 saturated carbocycles. The number of unbranched alkanes of at least 4 members (excludes halogenated alkanes) is 3. The van der Waals surface area contributed by atoms with E-state index in [1.165, 1.54) is 47.9 Å². The molecule has 2 heterocycles. The Morgan fingerprint density at radius 2 is 0.700 bits per heavy atom. The van der Waals surface area contributed by atoms with Crippen molar-refractivity contribution in [2.75, 3.05) is 0 Å². The minimum absolute atomic E-state index is 1.09. The van der Waals surface area contributed by atoms with Crippen LogP contribution in [0.2, 0.25) is 0 Å². The number of benzene rings is 2. The van der Waals surface area contributed by atoms with Crippen LogP contribution < -0.4 is 9.13 Å². The summed E-state index contributed by atoms with van der Waals surface area (Å²) < 4.78 is 4.59. The number of pyridine rings is 2. The average Bonchev–Trinajstić information content (AvgIpc) is 2.83. The molecule has 0 bridgehead atoms. The van der Waals surface area contributed by atoms with E-state index in [4.69, 9.17) is 0 Å². The lowest BCUT2D eigenvalue weighted by Crippen LogP contribution is -2.33. The normalized spacial score (nSPS) is 10.8. The average molecular weight is 395 g/mol. The van der Waals surface area contributed by atoms with E-state index in [9.17, 15) is 0 Å². The van der Waals surface area contributed by atoms with E-state index in [0.717, 1.165) is 13.1 Å². The zero-order valence-electron chi connectivity index (χ0n) is 17.5. The molecule has 2 aromatic carbocycles. The third-order valence-corrected chi connectivity index (χ3v) is 5.58. The molecular formula is C28H30N2+2. The van der Waals surface area contributed by atoms with Gasteiger partial charge in [-0.15, -0.1) is 0 Å². The molecule has 0 aliphatic carbocycles. The second-order valence-corrected chi connectivity index (χ2v) is 7.80. The number of aryl methyl sites for hydroxylation is 2. The standard InChI is InChI=1S/C28H30N2/c1(9-19-29-21-15-27(16-22-29)25-11-5-3-6-12-25)2-10-20-30-23-17-28(18-24-30)26-13-7-4-8-14-26/h3-8,11-18,21-24H,1-2,9-10,19-20H2/q+2. The van der Waals surface area contributed by atoms with Crippen molar-refractivity contribution >= 4 is 0 Å². The van der Waals surface area contributed by atoms with Crippen molar-refractivity contribution in [1.29, 1.82) is 0 Å². The molecule has 0 aliphatic heterocycles. The minimum Gasteiger partial charge on any atom is -0.205 e. The number of hydrogen-bond donors (Lipinski definition) is 0. The summed E-state index contributed by atoms with van der Waals surface area (Å²) in [5.41, 5.74) is 5.11. The Morgan fingerprint density at radius 3 is 1.07 bits per heavy atom. The molecule has 4 rings (SSSR count). The van der Waals surface area contributed by atoms with E-state index in [-0.39, 0.29) is 0 Å². The van der Waals surface area contributed by atoms with E-state index in [1.807, 2.05) is 0 Å². The molecule has 4 aromatic rings. The summed E-state index contributed by atoms with van der Waals surface area (Å²) in [6.45, 7) is 2.18. The van der Waals surface area contributed by atoms with Gasteiger partial charge >= 0.3 is 0 Å². The maximum absolute atomic E-state index is 2.30. The monoisotopic (exact) mass is 394 g/mol. The summed E-state index contributed by atoms with van der Waals surface area (Å²) in [6, 6.07) is 30.0. The van der Waals surface area contributed by atoms with Crippen molar-refractivity contribution < 1.29 is 9.13 Å². The van der Waals surface area contributed by atoms with Crippen LogP contribution in [0.3, 0.4) is 0 Å². The van der Waals surface area contributed by atoms with Crippen LogP contribution in [0.15, 0.2) is 110 Å². The van der Waals surface area contributed by atoms with Crippen molar-refractivity contribution in [2.45, 2.75) is 38.8 Å². The van der Waals surface area contributed by atoms with Gasteiger partial charge in [0.05, 0.1) is 0 Å². The van der Waals surface area contributed by atoms with Crippen LogP contribution >= 0.6 is 0 Å². The predicted octanol–water partition coefficient (Wildman–Crippen LogP) is 5.86. The van der Waals surface area contributed by atoms with Crippen molar-refractivity contribution in [3.05, 3.63) is 110 Å². The summed E-state index contributed by atoms with van der Waals surface area (Å²) in [5.74, 6) is 0. The Bertz CT molecular complexity index is 921. The highest BCUT2D eigenvalue weighted by molar-refractivity contribution is 5.62. The fraction of sp³-hybridized carbons (Fsp3) is 0.214. The summed E-state index contributed by atoms with van der Waals surface area (Å²) in [7, 11) is 0. The molecule has 0 saturated heterocycles. The van der Waals surface area contributed by atoms with Crippen molar-refractivity contribution in [3.8, 4) is 22.3 Å². The van der Waals surface area contributed by atoms with Crippen LogP contribution in [0.5, 0.6) is 0 Å². The van der Waals surface area contributed by atoms with Crippen LogP contribution in [-0.2, 0) is 13.1 Å². The number of rotatable bonds is 9. The molecule has 0 N–H and O–H groups in total. The lowest BCUT2D eigenvalue weighted by molar-refractivity contribution is -0.698. The zero-order chi connectivity index (χ0) is 20.4. The highest BCUT2D eigenvalue weighted by atomic mass is 14.9. The Morgan fingerprint density at radius 1 is 0.367 bits per heavy atom. The predicted molar refractivity (Wildman–Crippen MR) is 123 cm³/mol. The lowest BCUT2D eigenvalue weighted by atomic mass is 10.1. The number of aromatic nitrogens is 2. The van der Waals surface area contributed by atoms with Gasteiger partial charge in [-0.1, -0.05) is 60.7 Å². The van der Waals surface area contributed by atoms with Crippen LogP contribution in [0.25, 0.3) is 22.3 Å². The first-order valence-electron chi connectivity index (χ1n) is 11.0. The van der Waals surface area contributed by atoms with Crippen LogP contribution in [0, 0.1) is 0 Å². The fourth-order valence-electron chi connectivity index (χ4n) is 3.80. The Hall–Kier alpha value is -3.26. The maximum atomic E-state index is 2.30. The van der Waals surface area contributed by atoms with Gasteiger partial charge in [0.1, 0.15) is 13.1 Å². The highest BCUT2D eigenvalue weighted by Gasteiger charge is 2.05. The molecule has 0 fully saturated rings. The van der Waals surface area contributed by atoms with Crippen molar-refractivity contribution in [1.82, 2.24) is 0 Å². The molecule has 30 heavy (non-hydrogen) atoms. The van der Waals surface area contributed by atoms with E-state index in [2.05, 4.69) is 119 Å². The lowest BCUT2D eigenvalue weighted by Gasteiger charge is -2.02. The van der Waals surface area contributed by atoms with Gasteiger partial charge in [-0.2, -0.15) is 0 Å². The van der Waals surface area contributed by atoms with Crippen LogP contribution in [0.1, 0.15) is 25.7 Å². The quantitative estimate of drug-likeness (QED) is 0.248. The second kappa shape index (κ2) is 10.5. The van der Waals surface area contributed by atoms with Gasteiger partial charge < -0.3 is 0 Å². The molecule has 0 unspecified atom stereocenters. The third-order valence-electron chi connectivity index (χ3n) is 5.58. The first-order valence-corrected chi connectivity index (χ1v) is 11.0. The fourth-order valence-corrected chi connectivity index (χ4v) is 3.80. The van der Waals surface area contributed by atoms with Crippen molar-refractivity contribution in [3.63, 3.8) is 0 Å². The van der Waals surface area contributed by atoms with Crippen LogP contribution in [0.4, 0.5) is 0 Å². The Balaban J connectivity index is 1.15. The molecule has 0 atom stereocenters. The van der Waals surface area contributed by atoms with Gasteiger partial charge in [0, 0.05) is 37.1 Å². The molecule has 0 radical (unpaired) electrons. The number of hydrogen-bond acceptors (Lipinski definition) is 0. The molecule has 2 heteroatoms. The van der Waals surface area contributed by atoms with Gasteiger partial charge in [-0.05, 0) is 35.1 Å². The summed E-state index contributed by atoms with van der Waals surface area (Å²) in [4.78, 5) is 0. The van der Waals surface area contributed by atoms with Gasteiger partial charge in [0.2, 0.25) is 0 Å².